The Labute approximate surface area is 143 Å². The summed E-state index contributed by atoms with van der Waals surface area (Å²) in [5, 5.41) is 15.5. The summed E-state index contributed by atoms with van der Waals surface area (Å²) in [6.45, 7) is 5.50. The summed E-state index contributed by atoms with van der Waals surface area (Å²) in [6, 6.07) is 10.1. The predicted octanol–water partition coefficient (Wildman–Crippen LogP) is 2.78. The Morgan fingerprint density at radius 1 is 1.33 bits per heavy atom. The Hall–Kier alpha value is -1.85. The summed E-state index contributed by atoms with van der Waals surface area (Å²) in [5.41, 5.74) is 2.23. The van der Waals surface area contributed by atoms with Crippen LogP contribution in [0.4, 0.5) is 0 Å². The van der Waals surface area contributed by atoms with Gasteiger partial charge in [-0.25, -0.2) is 4.68 Å². The van der Waals surface area contributed by atoms with Crippen molar-refractivity contribution in [1.82, 2.24) is 14.7 Å². The molecule has 0 radical (unpaired) electrons. The van der Waals surface area contributed by atoms with Gasteiger partial charge >= 0.3 is 0 Å². The van der Waals surface area contributed by atoms with Crippen LogP contribution in [0.1, 0.15) is 42.6 Å². The molecule has 5 heteroatoms. The van der Waals surface area contributed by atoms with Gasteiger partial charge in [0.05, 0.1) is 24.0 Å². The maximum absolute atomic E-state index is 11.0. The van der Waals surface area contributed by atoms with Crippen LogP contribution in [0, 0.1) is 6.92 Å². The predicted molar refractivity (Wildman–Crippen MR) is 94.1 cm³/mol. The molecule has 1 fully saturated rings. The van der Waals surface area contributed by atoms with E-state index in [0.29, 0.717) is 6.54 Å². The number of aliphatic hydroxyl groups is 1. The number of nitrogens with zero attached hydrogens (tertiary/aromatic N) is 3. The van der Waals surface area contributed by atoms with E-state index in [4.69, 9.17) is 4.74 Å². The van der Waals surface area contributed by atoms with Gasteiger partial charge in [0.1, 0.15) is 0 Å². The zero-order valence-corrected chi connectivity index (χ0v) is 15.0. The number of rotatable bonds is 5. The topological polar surface area (TPSA) is 50.5 Å². The first-order valence-electron chi connectivity index (χ1n) is 8.53. The van der Waals surface area contributed by atoms with Gasteiger partial charge in [0, 0.05) is 19.6 Å². The molecular weight excluding hydrogens is 302 g/mol. The first kappa shape index (κ1) is 17.0. The van der Waals surface area contributed by atoms with E-state index >= 15 is 0 Å². The normalized spacial score (nSPS) is 21.0. The number of benzene rings is 1. The lowest BCUT2D eigenvalue weighted by Crippen LogP contribution is -2.38. The molecule has 0 bridgehead atoms. The van der Waals surface area contributed by atoms with Crippen molar-refractivity contribution in [1.29, 1.82) is 0 Å². The molecule has 0 saturated carbocycles. The van der Waals surface area contributed by atoms with E-state index in [-0.39, 0.29) is 6.04 Å². The molecule has 1 aliphatic rings. The van der Waals surface area contributed by atoms with Gasteiger partial charge in [-0.05, 0) is 38.8 Å². The van der Waals surface area contributed by atoms with E-state index < -0.39 is 5.60 Å². The molecule has 1 N–H and O–H groups in total. The summed E-state index contributed by atoms with van der Waals surface area (Å²) < 4.78 is 7.39. The van der Waals surface area contributed by atoms with Crippen molar-refractivity contribution in [2.75, 3.05) is 20.2 Å². The fraction of sp³-hybridized carbons (Fsp3) is 0.526. The van der Waals surface area contributed by atoms with Crippen molar-refractivity contribution in [2.24, 2.45) is 7.05 Å². The molecule has 1 aromatic heterocycles. The molecule has 2 unspecified atom stereocenters. The summed E-state index contributed by atoms with van der Waals surface area (Å²) in [6.07, 6.45) is 2.18. The number of hydrogen-bond acceptors (Lipinski definition) is 4. The highest BCUT2D eigenvalue weighted by atomic mass is 16.5. The van der Waals surface area contributed by atoms with Crippen molar-refractivity contribution in [3.63, 3.8) is 0 Å². The number of aryl methyl sites for hydroxylation is 2. The smallest absolute Gasteiger partial charge is 0.216 e. The van der Waals surface area contributed by atoms with Crippen molar-refractivity contribution in [2.45, 2.75) is 38.3 Å². The van der Waals surface area contributed by atoms with E-state index in [1.165, 1.54) is 0 Å². The fourth-order valence-electron chi connectivity index (χ4n) is 3.91. The van der Waals surface area contributed by atoms with Crippen LogP contribution in [-0.4, -0.2) is 40.0 Å². The summed E-state index contributed by atoms with van der Waals surface area (Å²) in [5.74, 6) is 0.823. The standard InChI is InChI=1S/C19H27N3O2/c1-14-17(18(24-4)21(3)20-14)16-11-8-12-22(16)13-19(2,23)15-9-6-5-7-10-15/h5-7,9-10,16,23H,8,11-13H2,1-4H3. The molecule has 0 amide bonds. The van der Waals surface area contributed by atoms with E-state index in [2.05, 4.69) is 10.00 Å². The zero-order valence-electron chi connectivity index (χ0n) is 15.0. The lowest BCUT2D eigenvalue weighted by atomic mass is 9.94. The molecule has 1 aliphatic heterocycles. The summed E-state index contributed by atoms with van der Waals surface area (Å²) in [7, 11) is 3.61. The van der Waals surface area contributed by atoms with Gasteiger partial charge in [0.25, 0.3) is 0 Å². The average Bonchev–Trinajstić information content (AvgIpc) is 3.10. The highest BCUT2D eigenvalue weighted by Crippen LogP contribution is 2.40. The van der Waals surface area contributed by atoms with Crippen LogP contribution in [0.3, 0.4) is 0 Å². The Morgan fingerprint density at radius 2 is 2.04 bits per heavy atom. The van der Waals surface area contributed by atoms with Gasteiger partial charge in [-0.15, -0.1) is 0 Å². The largest absolute Gasteiger partial charge is 0.481 e. The van der Waals surface area contributed by atoms with Gasteiger partial charge in [-0.1, -0.05) is 30.3 Å². The third-order valence-electron chi connectivity index (χ3n) is 5.01. The second-order valence-electron chi connectivity index (χ2n) is 6.90. The average molecular weight is 329 g/mol. The van der Waals surface area contributed by atoms with Crippen LogP contribution in [0.5, 0.6) is 5.88 Å². The molecule has 1 saturated heterocycles. The Morgan fingerprint density at radius 3 is 2.71 bits per heavy atom. The number of hydrogen-bond donors (Lipinski definition) is 1. The van der Waals surface area contributed by atoms with Crippen LogP contribution >= 0.6 is 0 Å². The minimum Gasteiger partial charge on any atom is -0.481 e. The Bertz CT molecular complexity index is 694. The van der Waals surface area contributed by atoms with Crippen LogP contribution in [0.15, 0.2) is 30.3 Å². The Balaban J connectivity index is 1.87. The number of β-amino-alcohol motifs (C(OH)–C–C–N with tert-alkyl or cyclic N) is 1. The SMILES string of the molecule is COc1c(C2CCCN2CC(C)(O)c2ccccc2)c(C)nn1C. The molecule has 3 rings (SSSR count). The lowest BCUT2D eigenvalue weighted by Gasteiger charge is -2.33. The number of methoxy groups -OCH3 is 1. The second kappa shape index (κ2) is 6.57. The molecule has 0 aliphatic carbocycles. The first-order chi connectivity index (χ1) is 11.4. The van der Waals surface area contributed by atoms with Crippen LogP contribution < -0.4 is 4.74 Å². The van der Waals surface area contributed by atoms with E-state index in [1.807, 2.05) is 51.2 Å². The third kappa shape index (κ3) is 3.06. The maximum atomic E-state index is 11.0. The van der Waals surface area contributed by atoms with Gasteiger partial charge in [-0.2, -0.15) is 5.10 Å². The molecule has 130 valence electrons. The van der Waals surface area contributed by atoms with Crippen LogP contribution in [0.25, 0.3) is 0 Å². The zero-order chi connectivity index (χ0) is 17.3. The van der Waals surface area contributed by atoms with Gasteiger partial charge in [-0.3, -0.25) is 4.90 Å². The van der Waals surface area contributed by atoms with Crippen molar-refractivity contribution < 1.29 is 9.84 Å². The summed E-state index contributed by atoms with van der Waals surface area (Å²) >= 11 is 0. The maximum Gasteiger partial charge on any atom is 0.216 e. The molecule has 2 heterocycles. The molecule has 2 aromatic rings. The minimum absolute atomic E-state index is 0.240. The van der Waals surface area contributed by atoms with E-state index in [0.717, 1.165) is 42.1 Å². The monoisotopic (exact) mass is 329 g/mol. The molecule has 24 heavy (non-hydrogen) atoms. The number of likely N-dealkylation sites (tertiary alicyclic amines) is 1. The van der Waals surface area contributed by atoms with Crippen molar-refractivity contribution in [3.05, 3.63) is 47.2 Å². The number of aromatic nitrogens is 2. The molecule has 2 atom stereocenters. The molecule has 1 aromatic carbocycles. The van der Waals surface area contributed by atoms with Gasteiger partial charge in [0.15, 0.2) is 0 Å². The quantitative estimate of drug-likeness (QED) is 0.916. The minimum atomic E-state index is -0.882. The molecule has 5 nitrogen and oxygen atoms in total. The van der Waals surface area contributed by atoms with Crippen molar-refractivity contribution in [3.8, 4) is 5.88 Å². The fourth-order valence-corrected chi connectivity index (χ4v) is 3.91. The number of ether oxygens (including phenoxy) is 1. The van der Waals surface area contributed by atoms with E-state index in [9.17, 15) is 5.11 Å². The van der Waals surface area contributed by atoms with Gasteiger partial charge < -0.3 is 9.84 Å². The first-order valence-corrected chi connectivity index (χ1v) is 8.53. The van der Waals surface area contributed by atoms with E-state index in [1.54, 1.807) is 11.8 Å². The van der Waals surface area contributed by atoms with Crippen molar-refractivity contribution >= 4 is 0 Å². The molecule has 0 spiro atoms. The highest BCUT2D eigenvalue weighted by Gasteiger charge is 2.36. The lowest BCUT2D eigenvalue weighted by molar-refractivity contribution is 0.0113. The Kier molecular flexibility index (Phi) is 4.65. The molecular formula is C19H27N3O2. The van der Waals surface area contributed by atoms with Crippen LogP contribution in [-0.2, 0) is 12.6 Å². The summed E-state index contributed by atoms with van der Waals surface area (Å²) in [4.78, 5) is 2.36. The van der Waals surface area contributed by atoms with Gasteiger partial charge in [0.2, 0.25) is 5.88 Å². The highest BCUT2D eigenvalue weighted by molar-refractivity contribution is 5.35. The van der Waals surface area contributed by atoms with Crippen LogP contribution in [0.2, 0.25) is 0 Å². The second-order valence-corrected chi connectivity index (χ2v) is 6.90. The third-order valence-corrected chi connectivity index (χ3v) is 5.01.